The van der Waals surface area contributed by atoms with Crippen LogP contribution in [0.2, 0.25) is 0 Å². The molecule has 0 saturated heterocycles. The lowest BCUT2D eigenvalue weighted by atomic mass is 9.93. The van der Waals surface area contributed by atoms with Gasteiger partial charge in [-0.2, -0.15) is 0 Å². The maximum Gasteiger partial charge on any atom is 0.257 e. The molecule has 1 amide bonds. The molecule has 1 atom stereocenters. The molecule has 1 unspecified atom stereocenters. The smallest absolute Gasteiger partial charge is 0.257 e. The van der Waals surface area contributed by atoms with Crippen LogP contribution in [-0.4, -0.2) is 30.4 Å². The zero-order chi connectivity index (χ0) is 23.5. The van der Waals surface area contributed by atoms with Crippen LogP contribution in [0.15, 0.2) is 70.4 Å². The summed E-state index contributed by atoms with van der Waals surface area (Å²) in [6.45, 7) is 3.63. The number of allylic oxidation sites excluding steroid dienone is 1. The van der Waals surface area contributed by atoms with E-state index in [4.69, 9.17) is 26.2 Å². The number of carbonyl (C=O) groups is 1. The molecule has 0 radical (unpaired) electrons. The summed E-state index contributed by atoms with van der Waals surface area (Å²) in [4.78, 5) is 15.4. The van der Waals surface area contributed by atoms with Crippen LogP contribution in [0.3, 0.4) is 0 Å². The van der Waals surface area contributed by atoms with Crippen LogP contribution in [-0.2, 0) is 4.79 Å². The Kier molecular flexibility index (Phi) is 6.32. The second kappa shape index (κ2) is 9.33. The van der Waals surface area contributed by atoms with Crippen molar-refractivity contribution in [3.8, 4) is 11.5 Å². The molecule has 4 rings (SSSR count). The molecule has 170 valence electrons. The third-order valence-electron chi connectivity index (χ3n) is 5.32. The number of aryl methyl sites for hydroxylation is 1. The maximum absolute atomic E-state index is 13.5. The Bertz CT molecular complexity index is 1200. The average molecular weight is 465 g/mol. The SMILES string of the molecule is COc1cc(OC)cc(C2NC(=S)N(c3ccccc3)C(C)=C2C(=O)Nc2cc(C)on2)c1. The Morgan fingerprint density at radius 1 is 1.09 bits per heavy atom. The van der Waals surface area contributed by atoms with Crippen LogP contribution in [0.1, 0.15) is 24.3 Å². The lowest BCUT2D eigenvalue weighted by Gasteiger charge is -2.38. The zero-order valence-electron chi connectivity index (χ0n) is 18.7. The number of hydrogen-bond donors (Lipinski definition) is 2. The number of ether oxygens (including phenoxy) is 2. The third-order valence-corrected chi connectivity index (χ3v) is 5.62. The molecule has 8 nitrogen and oxygen atoms in total. The fourth-order valence-corrected chi connectivity index (χ4v) is 4.14. The van der Waals surface area contributed by atoms with E-state index in [0.29, 0.717) is 39.5 Å². The van der Waals surface area contributed by atoms with Gasteiger partial charge < -0.3 is 24.6 Å². The molecule has 0 spiro atoms. The number of benzene rings is 2. The third kappa shape index (κ3) is 4.54. The minimum absolute atomic E-state index is 0.330. The predicted octanol–water partition coefficient (Wildman–Crippen LogP) is 4.35. The Morgan fingerprint density at radius 3 is 2.33 bits per heavy atom. The molecule has 1 aliphatic heterocycles. The van der Waals surface area contributed by atoms with Gasteiger partial charge in [0.25, 0.3) is 5.91 Å². The number of thiocarbonyl (C=S) groups is 1. The first-order valence-electron chi connectivity index (χ1n) is 10.3. The van der Waals surface area contributed by atoms with Crippen LogP contribution in [0.5, 0.6) is 11.5 Å². The van der Waals surface area contributed by atoms with E-state index in [1.54, 1.807) is 33.3 Å². The highest BCUT2D eigenvalue weighted by molar-refractivity contribution is 7.80. The number of anilines is 2. The van der Waals surface area contributed by atoms with Crippen molar-refractivity contribution in [1.29, 1.82) is 0 Å². The molecule has 0 saturated carbocycles. The van der Waals surface area contributed by atoms with Gasteiger partial charge in [0.15, 0.2) is 10.9 Å². The monoisotopic (exact) mass is 464 g/mol. The lowest BCUT2D eigenvalue weighted by molar-refractivity contribution is -0.113. The quantitative estimate of drug-likeness (QED) is 0.521. The summed E-state index contributed by atoms with van der Waals surface area (Å²) < 4.78 is 16.0. The second-order valence-corrected chi connectivity index (χ2v) is 7.86. The minimum Gasteiger partial charge on any atom is -0.497 e. The van der Waals surface area contributed by atoms with Crippen molar-refractivity contribution in [3.05, 3.63) is 77.2 Å². The van der Waals surface area contributed by atoms with Crippen LogP contribution in [0.25, 0.3) is 0 Å². The number of aromatic nitrogens is 1. The van der Waals surface area contributed by atoms with Gasteiger partial charge in [-0.1, -0.05) is 23.4 Å². The van der Waals surface area contributed by atoms with E-state index in [0.717, 1.165) is 11.3 Å². The summed E-state index contributed by atoms with van der Waals surface area (Å²) in [5.74, 6) is 1.81. The topological polar surface area (TPSA) is 88.9 Å². The van der Waals surface area contributed by atoms with Gasteiger partial charge in [-0.05, 0) is 55.9 Å². The summed E-state index contributed by atoms with van der Waals surface area (Å²) >= 11 is 5.72. The fraction of sp³-hybridized carbons (Fsp3) is 0.208. The number of nitrogens with one attached hydrogen (secondary N) is 2. The molecule has 0 aliphatic carbocycles. The Balaban J connectivity index is 1.84. The van der Waals surface area contributed by atoms with Crippen molar-refractivity contribution < 1.29 is 18.8 Å². The van der Waals surface area contributed by atoms with Crippen LogP contribution >= 0.6 is 12.2 Å². The first kappa shape index (κ1) is 22.3. The summed E-state index contributed by atoms with van der Waals surface area (Å²) in [6.07, 6.45) is 0. The molecule has 0 fully saturated rings. The lowest BCUT2D eigenvalue weighted by Crippen LogP contribution is -2.48. The van der Waals surface area contributed by atoms with Gasteiger partial charge in [0.05, 0.1) is 25.8 Å². The highest BCUT2D eigenvalue weighted by Gasteiger charge is 2.35. The number of hydrogen-bond acceptors (Lipinski definition) is 6. The molecule has 2 heterocycles. The Hall–Kier alpha value is -3.85. The van der Waals surface area contributed by atoms with E-state index in [9.17, 15) is 4.79 Å². The standard InChI is InChI=1S/C24H24N4O4S/c1-14-10-20(27-32-14)25-23(29)21-15(2)28(17-8-6-5-7-9-17)24(33)26-22(21)16-11-18(30-3)13-19(12-16)31-4/h5-13,22H,1-4H3,(H,26,33)(H,25,27,29). The molecular weight excluding hydrogens is 440 g/mol. The molecule has 3 aromatic rings. The maximum atomic E-state index is 13.5. The summed E-state index contributed by atoms with van der Waals surface area (Å²) in [5.41, 5.74) is 2.77. The van der Waals surface area contributed by atoms with Crippen LogP contribution in [0, 0.1) is 6.92 Å². The summed E-state index contributed by atoms with van der Waals surface area (Å²) in [6, 6.07) is 16.2. The van der Waals surface area contributed by atoms with E-state index in [-0.39, 0.29) is 5.91 Å². The van der Waals surface area contributed by atoms with Crippen molar-refractivity contribution in [2.24, 2.45) is 0 Å². The number of nitrogens with zero attached hydrogens (tertiary/aromatic N) is 2. The van der Waals surface area contributed by atoms with Gasteiger partial charge in [0, 0.05) is 23.5 Å². The molecule has 1 aromatic heterocycles. The highest BCUT2D eigenvalue weighted by Crippen LogP contribution is 2.36. The molecule has 0 bridgehead atoms. The van der Waals surface area contributed by atoms with E-state index >= 15 is 0 Å². The molecule has 1 aliphatic rings. The summed E-state index contributed by atoms with van der Waals surface area (Å²) in [5, 5.41) is 10.5. The number of para-hydroxylation sites is 1. The van der Waals surface area contributed by atoms with Crippen LogP contribution < -0.4 is 25.0 Å². The fourth-order valence-electron chi connectivity index (χ4n) is 3.78. The average Bonchev–Trinajstić information content (AvgIpc) is 3.23. The van der Waals surface area contributed by atoms with Gasteiger partial charge in [-0.3, -0.25) is 9.69 Å². The van der Waals surface area contributed by atoms with E-state index in [1.807, 2.05) is 54.3 Å². The van der Waals surface area contributed by atoms with Crippen molar-refractivity contribution in [2.75, 3.05) is 24.4 Å². The number of amides is 1. The van der Waals surface area contributed by atoms with Gasteiger partial charge in [0.2, 0.25) is 0 Å². The van der Waals surface area contributed by atoms with Crippen LogP contribution in [0.4, 0.5) is 11.5 Å². The van der Waals surface area contributed by atoms with Gasteiger partial charge in [-0.25, -0.2) is 0 Å². The first-order chi connectivity index (χ1) is 15.9. The summed E-state index contributed by atoms with van der Waals surface area (Å²) in [7, 11) is 3.16. The molecule has 2 N–H and O–H groups in total. The van der Waals surface area contributed by atoms with E-state index in [2.05, 4.69) is 15.8 Å². The van der Waals surface area contributed by atoms with E-state index in [1.165, 1.54) is 0 Å². The largest absolute Gasteiger partial charge is 0.497 e. The van der Waals surface area contributed by atoms with Gasteiger partial charge in [0.1, 0.15) is 17.3 Å². The number of carbonyl (C=O) groups excluding carboxylic acids is 1. The van der Waals surface area contributed by atoms with E-state index < -0.39 is 6.04 Å². The van der Waals surface area contributed by atoms with Crippen molar-refractivity contribution in [1.82, 2.24) is 10.5 Å². The first-order valence-corrected chi connectivity index (χ1v) is 10.7. The molecular formula is C24H24N4O4S. The van der Waals surface area contributed by atoms with Crippen molar-refractivity contribution in [2.45, 2.75) is 19.9 Å². The molecule has 9 heteroatoms. The highest BCUT2D eigenvalue weighted by atomic mass is 32.1. The Labute approximate surface area is 197 Å². The normalized spacial score (nSPS) is 15.8. The number of methoxy groups -OCH3 is 2. The van der Waals surface area contributed by atoms with Gasteiger partial charge >= 0.3 is 0 Å². The molecule has 2 aromatic carbocycles. The Morgan fingerprint density at radius 2 is 1.76 bits per heavy atom. The predicted molar refractivity (Wildman–Crippen MR) is 130 cm³/mol. The minimum atomic E-state index is -0.547. The zero-order valence-corrected chi connectivity index (χ0v) is 19.5. The van der Waals surface area contributed by atoms with Crippen molar-refractivity contribution in [3.63, 3.8) is 0 Å². The van der Waals surface area contributed by atoms with Crippen molar-refractivity contribution >= 4 is 34.7 Å². The molecule has 33 heavy (non-hydrogen) atoms. The second-order valence-electron chi connectivity index (χ2n) is 7.48. The van der Waals surface area contributed by atoms with Gasteiger partial charge in [-0.15, -0.1) is 0 Å². The number of rotatable bonds is 6.